The minimum atomic E-state index is 0.868. The Hall–Kier alpha value is -1.32. The number of anilines is 2. The smallest absolute Gasteiger partial charge is 0.137 e. The van der Waals surface area contributed by atoms with E-state index in [0.29, 0.717) is 0 Å². The van der Waals surface area contributed by atoms with E-state index in [2.05, 4.69) is 54.9 Å². The molecule has 0 saturated carbocycles. The largest absolute Gasteiger partial charge is 0.370 e. The predicted octanol–water partition coefficient (Wildman–Crippen LogP) is 3.02. The van der Waals surface area contributed by atoms with Gasteiger partial charge in [0.1, 0.15) is 17.5 Å². The molecular weight excluding hydrogens is 224 g/mol. The van der Waals surface area contributed by atoms with Gasteiger partial charge in [-0.3, -0.25) is 0 Å². The summed E-state index contributed by atoms with van der Waals surface area (Å²) in [6.07, 6.45) is 3.26. The van der Waals surface area contributed by atoms with Gasteiger partial charge in [0.15, 0.2) is 0 Å². The first-order chi connectivity index (χ1) is 8.63. The molecule has 0 bridgehead atoms. The minimum Gasteiger partial charge on any atom is -0.370 e. The number of aryl methyl sites for hydroxylation is 1. The van der Waals surface area contributed by atoms with Gasteiger partial charge in [0.05, 0.1) is 0 Å². The van der Waals surface area contributed by atoms with Crippen LogP contribution in [0.1, 0.15) is 45.0 Å². The Morgan fingerprint density at radius 3 is 2.44 bits per heavy atom. The molecule has 0 spiro atoms. The Morgan fingerprint density at radius 1 is 1.17 bits per heavy atom. The molecule has 0 radical (unpaired) electrons. The third-order valence-electron chi connectivity index (χ3n) is 3.04. The SMILES string of the molecule is CCCCN(C)c1nc(CC)nc(NCC)c1C. The van der Waals surface area contributed by atoms with E-state index in [1.54, 1.807) is 0 Å². The fourth-order valence-electron chi connectivity index (χ4n) is 1.92. The molecule has 0 fully saturated rings. The highest BCUT2D eigenvalue weighted by Crippen LogP contribution is 2.23. The Kier molecular flexibility index (Phi) is 5.89. The standard InChI is InChI=1S/C14H26N4/c1-6-9-10-18(5)14-11(4)13(15-8-3)16-12(7-2)17-14/h6-10H2,1-5H3,(H,15,16,17). The van der Waals surface area contributed by atoms with Gasteiger partial charge in [-0.15, -0.1) is 0 Å². The van der Waals surface area contributed by atoms with Gasteiger partial charge in [0.2, 0.25) is 0 Å². The molecule has 0 saturated heterocycles. The fourth-order valence-corrected chi connectivity index (χ4v) is 1.92. The molecular formula is C14H26N4. The quantitative estimate of drug-likeness (QED) is 0.807. The number of nitrogens with one attached hydrogen (secondary N) is 1. The van der Waals surface area contributed by atoms with Crippen molar-refractivity contribution in [1.29, 1.82) is 0 Å². The fraction of sp³-hybridized carbons (Fsp3) is 0.714. The van der Waals surface area contributed by atoms with Crippen LogP contribution in [0.3, 0.4) is 0 Å². The van der Waals surface area contributed by atoms with Crippen LogP contribution < -0.4 is 10.2 Å². The number of rotatable bonds is 7. The van der Waals surface area contributed by atoms with E-state index >= 15 is 0 Å². The summed E-state index contributed by atoms with van der Waals surface area (Å²) in [6.45, 7) is 10.4. The van der Waals surface area contributed by atoms with Crippen molar-refractivity contribution < 1.29 is 0 Å². The molecule has 4 nitrogen and oxygen atoms in total. The maximum Gasteiger partial charge on any atom is 0.137 e. The van der Waals surface area contributed by atoms with Gasteiger partial charge >= 0.3 is 0 Å². The number of hydrogen-bond acceptors (Lipinski definition) is 4. The topological polar surface area (TPSA) is 41.1 Å². The van der Waals surface area contributed by atoms with E-state index in [-0.39, 0.29) is 0 Å². The normalized spacial score (nSPS) is 10.5. The van der Waals surface area contributed by atoms with Crippen molar-refractivity contribution in [1.82, 2.24) is 9.97 Å². The highest BCUT2D eigenvalue weighted by atomic mass is 15.2. The molecule has 0 unspecified atom stereocenters. The summed E-state index contributed by atoms with van der Waals surface area (Å²) in [6, 6.07) is 0. The number of nitrogens with zero attached hydrogens (tertiary/aromatic N) is 3. The van der Waals surface area contributed by atoms with Gasteiger partial charge in [-0.1, -0.05) is 20.3 Å². The molecule has 1 rings (SSSR count). The zero-order chi connectivity index (χ0) is 13.5. The lowest BCUT2D eigenvalue weighted by Gasteiger charge is -2.22. The Labute approximate surface area is 111 Å². The van der Waals surface area contributed by atoms with Gasteiger partial charge in [-0.05, 0) is 20.3 Å². The summed E-state index contributed by atoms with van der Waals surface area (Å²) >= 11 is 0. The lowest BCUT2D eigenvalue weighted by atomic mass is 10.2. The third kappa shape index (κ3) is 3.59. The van der Waals surface area contributed by atoms with Crippen molar-refractivity contribution >= 4 is 11.6 Å². The predicted molar refractivity (Wildman–Crippen MR) is 78.5 cm³/mol. The van der Waals surface area contributed by atoms with Crippen LogP contribution in [0.2, 0.25) is 0 Å². The van der Waals surface area contributed by atoms with E-state index in [9.17, 15) is 0 Å². The van der Waals surface area contributed by atoms with Crippen LogP contribution in [-0.2, 0) is 6.42 Å². The van der Waals surface area contributed by atoms with Gasteiger partial charge in [-0.2, -0.15) is 0 Å². The number of aromatic nitrogens is 2. The summed E-state index contributed by atoms with van der Waals surface area (Å²) in [7, 11) is 2.11. The summed E-state index contributed by atoms with van der Waals surface area (Å²) in [5.41, 5.74) is 1.15. The molecule has 0 atom stereocenters. The van der Waals surface area contributed by atoms with Crippen molar-refractivity contribution in [3.05, 3.63) is 11.4 Å². The van der Waals surface area contributed by atoms with Gasteiger partial charge in [-0.25, -0.2) is 9.97 Å². The van der Waals surface area contributed by atoms with E-state index in [1.165, 1.54) is 12.8 Å². The monoisotopic (exact) mass is 250 g/mol. The van der Waals surface area contributed by atoms with Crippen molar-refractivity contribution in [3.8, 4) is 0 Å². The zero-order valence-corrected chi connectivity index (χ0v) is 12.4. The van der Waals surface area contributed by atoms with Crippen LogP contribution in [0.4, 0.5) is 11.6 Å². The Bertz CT molecular complexity index is 376. The average Bonchev–Trinajstić information content (AvgIpc) is 2.38. The lowest BCUT2D eigenvalue weighted by molar-refractivity contribution is 0.751. The summed E-state index contributed by atoms with van der Waals surface area (Å²) < 4.78 is 0. The molecule has 1 N–H and O–H groups in total. The molecule has 4 heteroatoms. The van der Waals surface area contributed by atoms with E-state index in [4.69, 9.17) is 0 Å². The van der Waals surface area contributed by atoms with Crippen LogP contribution in [0.25, 0.3) is 0 Å². The second-order valence-corrected chi connectivity index (χ2v) is 4.60. The first-order valence-corrected chi connectivity index (χ1v) is 6.96. The number of unbranched alkanes of at least 4 members (excludes halogenated alkanes) is 1. The molecule has 0 amide bonds. The van der Waals surface area contributed by atoms with Gasteiger partial charge < -0.3 is 10.2 Å². The Morgan fingerprint density at radius 2 is 1.89 bits per heavy atom. The van der Waals surface area contributed by atoms with Crippen molar-refractivity contribution in [2.45, 2.75) is 47.0 Å². The lowest BCUT2D eigenvalue weighted by Crippen LogP contribution is -2.22. The number of hydrogen-bond donors (Lipinski definition) is 1. The van der Waals surface area contributed by atoms with E-state index < -0.39 is 0 Å². The molecule has 1 aromatic rings. The van der Waals surface area contributed by atoms with Crippen LogP contribution in [0, 0.1) is 6.92 Å². The average molecular weight is 250 g/mol. The molecule has 0 aliphatic heterocycles. The summed E-state index contributed by atoms with van der Waals surface area (Å²) in [5.74, 6) is 2.95. The second kappa shape index (κ2) is 7.19. The van der Waals surface area contributed by atoms with Crippen molar-refractivity contribution in [2.75, 3.05) is 30.4 Å². The zero-order valence-electron chi connectivity index (χ0n) is 12.4. The highest BCUT2D eigenvalue weighted by Gasteiger charge is 2.12. The second-order valence-electron chi connectivity index (χ2n) is 4.60. The van der Waals surface area contributed by atoms with Gasteiger partial charge in [0.25, 0.3) is 0 Å². The molecule has 0 aliphatic rings. The van der Waals surface area contributed by atoms with Crippen molar-refractivity contribution in [3.63, 3.8) is 0 Å². The Balaban J connectivity index is 3.04. The van der Waals surface area contributed by atoms with Crippen LogP contribution >= 0.6 is 0 Å². The van der Waals surface area contributed by atoms with Crippen LogP contribution in [0.5, 0.6) is 0 Å². The van der Waals surface area contributed by atoms with Crippen LogP contribution in [-0.4, -0.2) is 30.1 Å². The molecule has 102 valence electrons. The molecule has 1 heterocycles. The highest BCUT2D eigenvalue weighted by molar-refractivity contribution is 5.58. The van der Waals surface area contributed by atoms with Crippen molar-refractivity contribution in [2.24, 2.45) is 0 Å². The maximum absolute atomic E-state index is 4.66. The first-order valence-electron chi connectivity index (χ1n) is 6.96. The molecule has 0 aromatic carbocycles. The maximum atomic E-state index is 4.66. The molecule has 18 heavy (non-hydrogen) atoms. The third-order valence-corrected chi connectivity index (χ3v) is 3.04. The van der Waals surface area contributed by atoms with E-state index in [1.807, 2.05) is 0 Å². The van der Waals surface area contributed by atoms with Gasteiger partial charge in [0, 0.05) is 32.1 Å². The molecule has 1 aromatic heterocycles. The summed E-state index contributed by atoms with van der Waals surface area (Å²) in [5, 5.41) is 3.32. The minimum absolute atomic E-state index is 0.868. The molecule has 0 aliphatic carbocycles. The van der Waals surface area contributed by atoms with E-state index in [0.717, 1.165) is 42.5 Å². The summed E-state index contributed by atoms with van der Waals surface area (Å²) in [4.78, 5) is 11.5. The first kappa shape index (κ1) is 14.7. The van der Waals surface area contributed by atoms with Crippen LogP contribution in [0.15, 0.2) is 0 Å².